The minimum Gasteiger partial charge on any atom is -0.324 e. The average Bonchev–Trinajstić information content (AvgIpc) is 2.96. The van der Waals surface area contributed by atoms with E-state index in [0.29, 0.717) is 5.92 Å². The highest BCUT2D eigenvalue weighted by atomic mass is 16.2. The molecule has 2 fully saturated rings. The molecule has 1 atom stereocenters. The monoisotopic (exact) mass is 232 g/mol. The highest BCUT2D eigenvalue weighted by molar-refractivity contribution is 5.78. The van der Waals surface area contributed by atoms with E-state index in [9.17, 15) is 4.79 Å². The Balaban J connectivity index is 1.77. The van der Waals surface area contributed by atoms with Crippen molar-refractivity contribution < 1.29 is 4.79 Å². The Bertz CT molecular complexity index is 391. The first-order valence-electron chi connectivity index (χ1n) is 6.73. The largest absolute Gasteiger partial charge is 0.324 e. The number of hydrogen-bond acceptors (Lipinski definition) is 1. The minimum atomic E-state index is 0.228. The van der Waals surface area contributed by atoms with Crippen LogP contribution in [0.5, 0.6) is 0 Å². The Hall–Kier alpha value is -1.25. The summed E-state index contributed by atoms with van der Waals surface area (Å²) < 4.78 is 0. The van der Waals surface area contributed by atoms with E-state index in [-0.39, 0.29) is 6.03 Å². The van der Waals surface area contributed by atoms with E-state index in [0.717, 1.165) is 32.5 Å². The molecule has 17 heavy (non-hydrogen) atoms. The van der Waals surface area contributed by atoms with Gasteiger partial charge in [0.15, 0.2) is 0 Å². The lowest BCUT2D eigenvalue weighted by atomic mass is 9.96. The van der Waals surface area contributed by atoms with Gasteiger partial charge in [-0.05, 0) is 37.2 Å². The zero-order valence-corrected chi connectivity index (χ0v) is 10.5. The number of nitrogens with zero attached hydrogens (tertiary/aromatic N) is 2. The third kappa shape index (κ3) is 1.88. The van der Waals surface area contributed by atoms with Crippen molar-refractivity contribution in [3.63, 3.8) is 0 Å². The number of carbonyl (C=O) groups excluding carboxylic acids is 1. The Kier molecular flexibility index (Phi) is 2.69. The summed E-state index contributed by atoms with van der Waals surface area (Å²) in [6.45, 7) is 5.00. The van der Waals surface area contributed by atoms with Crippen LogP contribution in [-0.2, 0) is 0 Å². The van der Waals surface area contributed by atoms with Gasteiger partial charge in [0, 0.05) is 25.3 Å². The molecule has 92 valence electrons. The average molecular weight is 232 g/mol. The first kappa shape index (κ1) is 10.9. The smallest absolute Gasteiger partial charge is 0.324 e. The number of rotatable bonds is 0. The van der Waals surface area contributed by atoms with Gasteiger partial charge in [-0.15, -0.1) is 0 Å². The minimum absolute atomic E-state index is 0.228. The van der Waals surface area contributed by atoms with Crippen molar-refractivity contribution in [2.45, 2.75) is 32.6 Å². The summed E-state index contributed by atoms with van der Waals surface area (Å²) in [5.41, 5.74) is 2.58. The molecule has 0 aromatic rings. The van der Waals surface area contributed by atoms with E-state index in [1.165, 1.54) is 24.1 Å². The molecule has 0 aromatic carbocycles. The molecule has 3 heteroatoms. The van der Waals surface area contributed by atoms with Crippen molar-refractivity contribution >= 4 is 6.03 Å². The quantitative estimate of drug-likeness (QED) is 0.630. The number of carbonyl (C=O) groups is 1. The van der Waals surface area contributed by atoms with E-state index in [2.05, 4.69) is 19.1 Å². The molecule has 2 aliphatic heterocycles. The molecule has 0 bridgehead atoms. The fourth-order valence-corrected chi connectivity index (χ4v) is 3.05. The van der Waals surface area contributed by atoms with Gasteiger partial charge in [-0.25, -0.2) is 4.79 Å². The van der Waals surface area contributed by atoms with Crippen LogP contribution >= 0.6 is 0 Å². The fourth-order valence-electron chi connectivity index (χ4n) is 3.05. The molecule has 3 nitrogen and oxygen atoms in total. The van der Waals surface area contributed by atoms with E-state index >= 15 is 0 Å². The lowest BCUT2D eigenvalue weighted by Crippen LogP contribution is -2.39. The lowest BCUT2D eigenvalue weighted by Gasteiger charge is -2.26. The van der Waals surface area contributed by atoms with Crippen LogP contribution in [0.4, 0.5) is 4.79 Å². The van der Waals surface area contributed by atoms with Gasteiger partial charge in [-0.1, -0.05) is 19.1 Å². The van der Waals surface area contributed by atoms with Gasteiger partial charge in [-0.3, -0.25) is 4.90 Å². The molecule has 0 spiro atoms. The molecule has 1 unspecified atom stereocenters. The van der Waals surface area contributed by atoms with Gasteiger partial charge < -0.3 is 4.90 Å². The summed E-state index contributed by atoms with van der Waals surface area (Å²) in [6.07, 6.45) is 9.03. The maximum Gasteiger partial charge on any atom is 0.324 e. The highest BCUT2D eigenvalue weighted by Gasteiger charge is 2.32. The zero-order valence-electron chi connectivity index (χ0n) is 10.5. The van der Waals surface area contributed by atoms with Gasteiger partial charge >= 0.3 is 6.03 Å². The second-order valence-electron chi connectivity index (χ2n) is 5.37. The molecule has 2 heterocycles. The second-order valence-corrected chi connectivity index (χ2v) is 5.37. The third-order valence-corrected chi connectivity index (χ3v) is 4.00. The summed E-state index contributed by atoms with van der Waals surface area (Å²) in [6, 6.07) is 0.228. The number of likely N-dealkylation sites (tertiary alicyclic amines) is 2. The fraction of sp³-hybridized carbons (Fsp3) is 0.643. The van der Waals surface area contributed by atoms with Crippen molar-refractivity contribution in [3.8, 4) is 0 Å². The number of hydrogen-bond donors (Lipinski definition) is 0. The van der Waals surface area contributed by atoms with Crippen LogP contribution in [0.25, 0.3) is 0 Å². The van der Waals surface area contributed by atoms with E-state index in [1.54, 1.807) is 0 Å². The second kappa shape index (κ2) is 4.21. The first-order valence-corrected chi connectivity index (χ1v) is 6.73. The molecule has 0 radical (unpaired) electrons. The summed E-state index contributed by atoms with van der Waals surface area (Å²) in [4.78, 5) is 16.4. The summed E-state index contributed by atoms with van der Waals surface area (Å²) >= 11 is 0. The summed E-state index contributed by atoms with van der Waals surface area (Å²) in [5, 5.41) is 0. The highest BCUT2D eigenvalue weighted by Crippen LogP contribution is 2.34. The van der Waals surface area contributed by atoms with Crippen LogP contribution in [0.2, 0.25) is 0 Å². The molecule has 1 aliphatic carbocycles. The van der Waals surface area contributed by atoms with Gasteiger partial charge in [0.25, 0.3) is 0 Å². The van der Waals surface area contributed by atoms with Gasteiger partial charge in [-0.2, -0.15) is 0 Å². The maximum atomic E-state index is 12.4. The zero-order chi connectivity index (χ0) is 11.8. The normalized spacial score (nSPS) is 27.9. The molecule has 0 saturated carbocycles. The van der Waals surface area contributed by atoms with Gasteiger partial charge in [0.2, 0.25) is 0 Å². The SMILES string of the molecule is CC1C=C2CCN(C(=O)N3CCCC3)C2=CC1. The van der Waals surface area contributed by atoms with Crippen LogP contribution in [0.15, 0.2) is 23.4 Å². The van der Waals surface area contributed by atoms with Crippen molar-refractivity contribution in [1.82, 2.24) is 9.80 Å². The van der Waals surface area contributed by atoms with E-state index < -0.39 is 0 Å². The topological polar surface area (TPSA) is 23.6 Å². The van der Waals surface area contributed by atoms with Crippen LogP contribution < -0.4 is 0 Å². The number of fused-ring (bicyclic) bond motifs is 1. The Labute approximate surface area is 103 Å². The van der Waals surface area contributed by atoms with Crippen molar-refractivity contribution in [2.75, 3.05) is 19.6 Å². The molecule has 2 amide bonds. The van der Waals surface area contributed by atoms with Crippen LogP contribution in [0.1, 0.15) is 32.6 Å². The van der Waals surface area contributed by atoms with Crippen LogP contribution in [0, 0.1) is 5.92 Å². The summed E-state index contributed by atoms with van der Waals surface area (Å²) in [5.74, 6) is 0.635. The molecule has 2 saturated heterocycles. The summed E-state index contributed by atoms with van der Waals surface area (Å²) in [7, 11) is 0. The molecule has 3 aliphatic rings. The third-order valence-electron chi connectivity index (χ3n) is 4.00. The van der Waals surface area contributed by atoms with E-state index in [1.807, 2.05) is 9.80 Å². The van der Waals surface area contributed by atoms with Crippen LogP contribution in [0.3, 0.4) is 0 Å². The van der Waals surface area contributed by atoms with Crippen molar-refractivity contribution in [2.24, 2.45) is 5.92 Å². The number of amides is 2. The predicted molar refractivity (Wildman–Crippen MR) is 67.5 cm³/mol. The molecule has 0 aromatic heterocycles. The van der Waals surface area contributed by atoms with Crippen molar-refractivity contribution in [1.29, 1.82) is 0 Å². The van der Waals surface area contributed by atoms with E-state index in [4.69, 9.17) is 0 Å². The first-order chi connectivity index (χ1) is 8.25. The predicted octanol–water partition coefficient (Wildman–Crippen LogP) is 2.76. The van der Waals surface area contributed by atoms with Crippen molar-refractivity contribution in [3.05, 3.63) is 23.4 Å². The number of allylic oxidation sites excluding steroid dienone is 3. The van der Waals surface area contributed by atoms with Crippen LogP contribution in [-0.4, -0.2) is 35.5 Å². The molecule has 0 N–H and O–H groups in total. The Morgan fingerprint density at radius 2 is 2.06 bits per heavy atom. The Morgan fingerprint density at radius 1 is 1.29 bits per heavy atom. The van der Waals surface area contributed by atoms with Gasteiger partial charge in [0.05, 0.1) is 0 Å². The standard InChI is InChI=1S/C14H20N2O/c1-11-4-5-13-12(10-11)6-9-16(13)14(17)15-7-2-3-8-15/h5,10-11H,2-4,6-9H2,1H3. The molecule has 3 rings (SSSR count). The molecular formula is C14H20N2O. The maximum absolute atomic E-state index is 12.4. The Morgan fingerprint density at radius 3 is 2.82 bits per heavy atom. The molecular weight excluding hydrogens is 212 g/mol. The lowest BCUT2D eigenvalue weighted by molar-refractivity contribution is 0.181. The van der Waals surface area contributed by atoms with Gasteiger partial charge in [0.1, 0.15) is 0 Å². The number of urea groups is 1.